The second-order valence-electron chi connectivity index (χ2n) is 5.93. The van der Waals surface area contributed by atoms with Crippen molar-refractivity contribution >= 4 is 56.2 Å². The van der Waals surface area contributed by atoms with Gasteiger partial charge in [-0.25, -0.2) is 15.0 Å². The molecule has 136 valence electrons. The summed E-state index contributed by atoms with van der Waals surface area (Å²) >= 11 is 4.81. The van der Waals surface area contributed by atoms with Gasteiger partial charge in [0.1, 0.15) is 16.4 Å². The lowest BCUT2D eigenvalue weighted by Crippen LogP contribution is -2.14. The van der Waals surface area contributed by atoms with E-state index in [0.29, 0.717) is 0 Å². The van der Waals surface area contributed by atoms with Gasteiger partial charge in [-0.2, -0.15) is 0 Å². The molecular formula is C19H16N4OS3. The van der Waals surface area contributed by atoms with E-state index in [1.165, 1.54) is 16.9 Å². The van der Waals surface area contributed by atoms with Crippen molar-refractivity contribution in [2.75, 3.05) is 5.32 Å². The molecule has 4 aromatic rings. The number of aryl methyl sites for hydroxylation is 1. The van der Waals surface area contributed by atoms with Crippen molar-refractivity contribution in [2.24, 2.45) is 0 Å². The fraction of sp³-hybridized carbons (Fsp3) is 0.158. The molecule has 3 heterocycles. The largest absolute Gasteiger partial charge is 0.326 e. The molecule has 27 heavy (non-hydrogen) atoms. The summed E-state index contributed by atoms with van der Waals surface area (Å²) in [6.07, 6.45) is 1.88. The van der Waals surface area contributed by atoms with E-state index >= 15 is 0 Å². The first-order chi connectivity index (χ1) is 13.2. The fourth-order valence-electron chi connectivity index (χ4n) is 2.49. The Hall–Kier alpha value is -2.29. The molecule has 0 aliphatic heterocycles. The fourth-order valence-corrected chi connectivity index (χ4v) is 5.22. The van der Waals surface area contributed by atoms with E-state index < -0.39 is 0 Å². The highest BCUT2D eigenvalue weighted by Crippen LogP contribution is 2.31. The summed E-state index contributed by atoms with van der Waals surface area (Å²) in [4.78, 5) is 25.4. The van der Waals surface area contributed by atoms with Gasteiger partial charge < -0.3 is 5.32 Å². The molecule has 0 unspecified atom stereocenters. The lowest BCUT2D eigenvalue weighted by molar-refractivity contribution is -0.115. The molecule has 0 aliphatic rings. The van der Waals surface area contributed by atoms with Gasteiger partial charge >= 0.3 is 0 Å². The van der Waals surface area contributed by atoms with Crippen molar-refractivity contribution in [1.82, 2.24) is 15.0 Å². The molecule has 3 aromatic heterocycles. The molecule has 0 bridgehead atoms. The summed E-state index contributed by atoms with van der Waals surface area (Å²) in [5, 5.41) is 8.73. The van der Waals surface area contributed by atoms with E-state index in [2.05, 4.69) is 20.3 Å². The number of hydrogen-bond donors (Lipinski definition) is 1. The predicted octanol–water partition coefficient (Wildman–Crippen LogP) is 4.93. The monoisotopic (exact) mass is 412 g/mol. The molecule has 0 fully saturated rings. The SMILES string of the molecule is Cc1ccc(NC(=O)Cc2nc(CSc3ncnc4ccsc34)cs2)cc1. The van der Waals surface area contributed by atoms with Gasteiger partial charge in [-0.3, -0.25) is 4.79 Å². The molecule has 1 N–H and O–H groups in total. The lowest BCUT2D eigenvalue weighted by Gasteiger charge is -2.04. The third kappa shape index (κ3) is 4.52. The minimum Gasteiger partial charge on any atom is -0.326 e. The van der Waals surface area contributed by atoms with Crippen molar-refractivity contribution in [2.45, 2.75) is 24.1 Å². The number of anilines is 1. The number of nitrogens with zero attached hydrogens (tertiary/aromatic N) is 3. The number of carbonyl (C=O) groups is 1. The Bertz CT molecular complexity index is 1070. The molecule has 8 heteroatoms. The highest BCUT2D eigenvalue weighted by Gasteiger charge is 2.11. The van der Waals surface area contributed by atoms with E-state index in [1.54, 1.807) is 29.4 Å². The van der Waals surface area contributed by atoms with Crippen LogP contribution in [0, 0.1) is 6.92 Å². The Morgan fingerprint density at radius 2 is 2.00 bits per heavy atom. The van der Waals surface area contributed by atoms with Crippen molar-refractivity contribution in [3.8, 4) is 0 Å². The van der Waals surface area contributed by atoms with Crippen LogP contribution in [0.5, 0.6) is 0 Å². The normalized spacial score (nSPS) is 11.0. The first-order valence-corrected chi connectivity index (χ1v) is 11.0. The van der Waals surface area contributed by atoms with Crippen LogP contribution in [0.4, 0.5) is 5.69 Å². The zero-order valence-corrected chi connectivity index (χ0v) is 17.0. The van der Waals surface area contributed by atoms with Gasteiger partial charge in [0, 0.05) is 16.8 Å². The summed E-state index contributed by atoms with van der Waals surface area (Å²) < 4.78 is 1.11. The summed E-state index contributed by atoms with van der Waals surface area (Å²) in [5.74, 6) is 0.670. The Morgan fingerprint density at radius 3 is 2.85 bits per heavy atom. The number of benzene rings is 1. The highest BCUT2D eigenvalue weighted by atomic mass is 32.2. The van der Waals surface area contributed by atoms with E-state index in [4.69, 9.17) is 0 Å². The van der Waals surface area contributed by atoms with Crippen LogP contribution in [-0.4, -0.2) is 20.9 Å². The van der Waals surface area contributed by atoms with Crippen LogP contribution in [0.2, 0.25) is 0 Å². The average Bonchev–Trinajstić information content (AvgIpc) is 3.31. The Morgan fingerprint density at radius 1 is 1.15 bits per heavy atom. The number of hydrogen-bond acceptors (Lipinski definition) is 7. The zero-order chi connectivity index (χ0) is 18.6. The molecule has 0 aliphatic carbocycles. The molecule has 1 amide bonds. The quantitative estimate of drug-likeness (QED) is 0.359. The third-order valence-corrected chi connectivity index (χ3v) is 6.77. The second kappa shape index (κ2) is 8.16. The summed E-state index contributed by atoms with van der Waals surface area (Å²) in [5.41, 5.74) is 3.91. The van der Waals surface area contributed by atoms with Crippen LogP contribution in [0.3, 0.4) is 0 Å². The van der Waals surface area contributed by atoms with Crippen molar-refractivity contribution in [1.29, 1.82) is 0 Å². The third-order valence-electron chi connectivity index (χ3n) is 3.81. The van der Waals surface area contributed by atoms with E-state index in [1.807, 2.05) is 48.0 Å². The number of thiazole rings is 1. The van der Waals surface area contributed by atoms with Crippen LogP contribution in [-0.2, 0) is 17.0 Å². The number of rotatable bonds is 6. The smallest absolute Gasteiger partial charge is 0.231 e. The summed E-state index contributed by atoms with van der Waals surface area (Å²) in [6, 6.07) is 9.77. The minimum absolute atomic E-state index is 0.0523. The molecule has 0 radical (unpaired) electrons. The van der Waals surface area contributed by atoms with E-state index in [0.717, 1.165) is 37.4 Å². The molecule has 4 rings (SSSR count). The van der Waals surface area contributed by atoms with Crippen LogP contribution in [0.1, 0.15) is 16.3 Å². The molecule has 1 aromatic carbocycles. The van der Waals surface area contributed by atoms with E-state index in [-0.39, 0.29) is 12.3 Å². The molecule has 0 saturated carbocycles. The zero-order valence-electron chi connectivity index (χ0n) is 14.5. The lowest BCUT2D eigenvalue weighted by atomic mass is 10.2. The predicted molar refractivity (Wildman–Crippen MR) is 113 cm³/mol. The molecular weight excluding hydrogens is 396 g/mol. The standard InChI is InChI=1S/C19H16N4OS3/c1-12-2-4-13(5-3-12)22-16(24)8-17-23-14(9-26-17)10-27-19-18-15(6-7-25-18)20-11-21-19/h2-7,9,11H,8,10H2,1H3,(H,22,24). The maximum Gasteiger partial charge on any atom is 0.231 e. The summed E-state index contributed by atoms with van der Waals surface area (Å²) in [7, 11) is 0. The highest BCUT2D eigenvalue weighted by molar-refractivity contribution is 7.98. The molecule has 0 atom stereocenters. The van der Waals surface area contributed by atoms with Gasteiger partial charge in [-0.15, -0.1) is 22.7 Å². The average molecular weight is 413 g/mol. The number of thiophene rings is 1. The first kappa shape index (κ1) is 18.1. The van der Waals surface area contributed by atoms with Crippen molar-refractivity contribution in [3.63, 3.8) is 0 Å². The number of aromatic nitrogens is 3. The Labute approximate surface area is 168 Å². The number of carbonyl (C=O) groups excluding carboxylic acids is 1. The summed E-state index contributed by atoms with van der Waals surface area (Å²) in [6.45, 7) is 2.02. The van der Waals surface area contributed by atoms with Gasteiger partial charge in [0.25, 0.3) is 0 Å². The minimum atomic E-state index is -0.0523. The van der Waals surface area contributed by atoms with Crippen LogP contribution < -0.4 is 5.32 Å². The van der Waals surface area contributed by atoms with Gasteiger partial charge in [0.2, 0.25) is 5.91 Å². The number of nitrogens with one attached hydrogen (secondary N) is 1. The Kier molecular flexibility index (Phi) is 5.47. The number of amides is 1. The molecule has 0 spiro atoms. The first-order valence-electron chi connectivity index (χ1n) is 8.28. The van der Waals surface area contributed by atoms with Crippen molar-refractivity contribution < 1.29 is 4.79 Å². The van der Waals surface area contributed by atoms with Crippen LogP contribution >= 0.6 is 34.4 Å². The maximum atomic E-state index is 12.2. The van der Waals surface area contributed by atoms with Gasteiger partial charge in [0.15, 0.2) is 0 Å². The maximum absolute atomic E-state index is 12.2. The Balaban J connectivity index is 1.35. The van der Waals surface area contributed by atoms with Crippen LogP contribution in [0.15, 0.2) is 52.4 Å². The second-order valence-corrected chi connectivity index (χ2v) is 8.75. The molecule has 0 saturated heterocycles. The van der Waals surface area contributed by atoms with E-state index in [9.17, 15) is 4.79 Å². The van der Waals surface area contributed by atoms with Crippen molar-refractivity contribution in [3.05, 3.63) is 63.7 Å². The topological polar surface area (TPSA) is 67.8 Å². The number of fused-ring (bicyclic) bond motifs is 1. The molecule has 5 nitrogen and oxygen atoms in total. The van der Waals surface area contributed by atoms with Crippen LogP contribution in [0.25, 0.3) is 10.2 Å². The van der Waals surface area contributed by atoms with Gasteiger partial charge in [-0.1, -0.05) is 29.5 Å². The van der Waals surface area contributed by atoms with Gasteiger partial charge in [0.05, 0.1) is 22.3 Å². The van der Waals surface area contributed by atoms with Gasteiger partial charge in [-0.05, 0) is 30.5 Å². The number of thioether (sulfide) groups is 1.